The predicted octanol–water partition coefficient (Wildman–Crippen LogP) is 1.68. The van der Waals surface area contributed by atoms with Gasteiger partial charge in [0.25, 0.3) is 0 Å². The van der Waals surface area contributed by atoms with Gasteiger partial charge in [-0.3, -0.25) is 4.98 Å². The maximum atomic E-state index is 5.65. The zero-order valence-corrected chi connectivity index (χ0v) is 10.7. The molecule has 0 unspecified atom stereocenters. The van der Waals surface area contributed by atoms with Crippen LogP contribution in [0.25, 0.3) is 0 Å². The maximum absolute atomic E-state index is 5.65. The second kappa shape index (κ2) is 5.75. The first-order chi connectivity index (χ1) is 8.31. The van der Waals surface area contributed by atoms with Crippen LogP contribution in [0.2, 0.25) is 0 Å². The average molecular weight is 248 g/mol. The summed E-state index contributed by atoms with van der Waals surface area (Å²) >= 11 is 1.78. The van der Waals surface area contributed by atoms with E-state index >= 15 is 0 Å². The van der Waals surface area contributed by atoms with E-state index in [0.717, 1.165) is 24.5 Å². The van der Waals surface area contributed by atoms with Gasteiger partial charge >= 0.3 is 0 Å². The highest BCUT2D eigenvalue weighted by atomic mass is 32.1. The molecule has 17 heavy (non-hydrogen) atoms. The van der Waals surface area contributed by atoms with Crippen LogP contribution in [-0.2, 0) is 13.0 Å². The molecule has 0 saturated heterocycles. The molecule has 0 aliphatic rings. The zero-order valence-electron chi connectivity index (χ0n) is 9.84. The highest BCUT2D eigenvalue weighted by Gasteiger charge is 2.08. The van der Waals surface area contributed by atoms with Crippen LogP contribution in [0.3, 0.4) is 0 Å². The van der Waals surface area contributed by atoms with E-state index in [2.05, 4.69) is 32.4 Å². The van der Waals surface area contributed by atoms with Crippen molar-refractivity contribution in [2.24, 2.45) is 5.73 Å². The summed E-state index contributed by atoms with van der Waals surface area (Å²) in [6.45, 7) is 1.35. The van der Waals surface area contributed by atoms with Crippen molar-refractivity contribution in [3.8, 4) is 0 Å². The van der Waals surface area contributed by atoms with Gasteiger partial charge in [-0.05, 0) is 17.9 Å². The Bertz CT molecular complexity index is 455. The van der Waals surface area contributed by atoms with E-state index in [0.29, 0.717) is 6.54 Å². The number of hydrogen-bond acceptors (Lipinski definition) is 5. The molecule has 2 N–H and O–H groups in total. The van der Waals surface area contributed by atoms with Crippen molar-refractivity contribution < 1.29 is 0 Å². The van der Waals surface area contributed by atoms with Crippen molar-refractivity contribution in [2.45, 2.75) is 13.0 Å². The molecule has 2 rings (SSSR count). The Kier molecular flexibility index (Phi) is 4.06. The molecule has 0 saturated carbocycles. The molecule has 0 fully saturated rings. The summed E-state index contributed by atoms with van der Waals surface area (Å²) in [5.74, 6) is 0.881. The van der Waals surface area contributed by atoms with E-state index in [-0.39, 0.29) is 0 Å². The maximum Gasteiger partial charge on any atom is 0.151 e. The summed E-state index contributed by atoms with van der Waals surface area (Å²) in [5.41, 5.74) is 6.50. The Hall–Kier alpha value is -1.46. The van der Waals surface area contributed by atoms with Crippen molar-refractivity contribution in [3.05, 3.63) is 40.5 Å². The van der Waals surface area contributed by atoms with Crippen molar-refractivity contribution in [1.29, 1.82) is 0 Å². The van der Waals surface area contributed by atoms with Crippen LogP contribution in [0, 0.1) is 0 Å². The molecule has 0 amide bonds. The smallest absolute Gasteiger partial charge is 0.151 e. The monoisotopic (exact) mass is 248 g/mol. The van der Waals surface area contributed by atoms with Crippen LogP contribution >= 0.6 is 11.3 Å². The molecule has 90 valence electrons. The first-order valence-corrected chi connectivity index (χ1v) is 6.42. The first-order valence-electron chi connectivity index (χ1n) is 5.54. The molecule has 2 heterocycles. The molecule has 0 aliphatic carbocycles. The summed E-state index contributed by atoms with van der Waals surface area (Å²) in [7, 11) is 2.02. The van der Waals surface area contributed by atoms with Crippen LogP contribution < -0.4 is 10.6 Å². The van der Waals surface area contributed by atoms with E-state index in [4.69, 9.17) is 5.73 Å². The lowest BCUT2D eigenvalue weighted by atomic mass is 10.3. The minimum atomic E-state index is 0.423. The van der Waals surface area contributed by atoms with Gasteiger partial charge in [-0.1, -0.05) is 6.07 Å². The zero-order chi connectivity index (χ0) is 12.1. The topological polar surface area (TPSA) is 55.0 Å². The third-order valence-corrected chi connectivity index (χ3v) is 3.52. The van der Waals surface area contributed by atoms with E-state index < -0.39 is 0 Å². The fraction of sp³-hybridized carbons (Fsp3) is 0.333. The SMILES string of the molecule is CN(CCc1cccs1)c1nccnc1CN. The average Bonchev–Trinajstić information content (AvgIpc) is 2.89. The van der Waals surface area contributed by atoms with Gasteiger partial charge in [0.1, 0.15) is 0 Å². The second-order valence-electron chi connectivity index (χ2n) is 3.78. The number of nitrogens with zero attached hydrogens (tertiary/aromatic N) is 3. The number of aromatic nitrogens is 2. The third kappa shape index (κ3) is 3.01. The Balaban J connectivity index is 2.01. The third-order valence-electron chi connectivity index (χ3n) is 2.58. The Morgan fingerprint density at radius 3 is 2.88 bits per heavy atom. The standard InChI is InChI=1S/C12H16N4S/c1-16(7-4-10-3-2-8-17-10)12-11(9-13)14-5-6-15-12/h2-3,5-6,8H,4,7,9,13H2,1H3. The van der Waals surface area contributed by atoms with Gasteiger partial charge in [0.2, 0.25) is 0 Å². The molecule has 0 aliphatic heterocycles. The lowest BCUT2D eigenvalue weighted by molar-refractivity contribution is 0.837. The van der Waals surface area contributed by atoms with E-state index in [1.54, 1.807) is 23.7 Å². The van der Waals surface area contributed by atoms with Crippen LogP contribution in [0.5, 0.6) is 0 Å². The van der Waals surface area contributed by atoms with E-state index in [1.165, 1.54) is 4.88 Å². The summed E-state index contributed by atoms with van der Waals surface area (Å²) in [4.78, 5) is 12.1. The van der Waals surface area contributed by atoms with Crippen molar-refractivity contribution >= 4 is 17.2 Å². The normalized spacial score (nSPS) is 10.5. The molecule has 5 heteroatoms. The summed E-state index contributed by atoms with van der Waals surface area (Å²) < 4.78 is 0. The molecule has 2 aromatic rings. The number of anilines is 1. The molecular formula is C12H16N4S. The van der Waals surface area contributed by atoms with Crippen molar-refractivity contribution in [1.82, 2.24) is 9.97 Å². The molecule has 0 radical (unpaired) electrons. The highest BCUT2D eigenvalue weighted by Crippen LogP contribution is 2.15. The van der Waals surface area contributed by atoms with E-state index in [9.17, 15) is 0 Å². The highest BCUT2D eigenvalue weighted by molar-refractivity contribution is 7.09. The predicted molar refractivity (Wildman–Crippen MR) is 71.2 cm³/mol. The van der Waals surface area contributed by atoms with Crippen molar-refractivity contribution in [3.63, 3.8) is 0 Å². The molecule has 4 nitrogen and oxygen atoms in total. The summed E-state index contributed by atoms with van der Waals surface area (Å²) in [6, 6.07) is 4.23. The van der Waals surface area contributed by atoms with Gasteiger partial charge in [0, 0.05) is 37.4 Å². The van der Waals surface area contributed by atoms with Gasteiger partial charge in [0.05, 0.1) is 5.69 Å². The number of thiophene rings is 1. The van der Waals surface area contributed by atoms with Gasteiger partial charge in [-0.2, -0.15) is 0 Å². The molecule has 2 aromatic heterocycles. The minimum Gasteiger partial charge on any atom is -0.358 e. The lowest BCUT2D eigenvalue weighted by Crippen LogP contribution is -2.23. The molecule has 0 spiro atoms. The number of hydrogen-bond donors (Lipinski definition) is 1. The minimum absolute atomic E-state index is 0.423. The van der Waals surface area contributed by atoms with Gasteiger partial charge < -0.3 is 10.6 Å². The quantitative estimate of drug-likeness (QED) is 0.874. The lowest BCUT2D eigenvalue weighted by Gasteiger charge is -2.19. The second-order valence-corrected chi connectivity index (χ2v) is 4.81. The van der Waals surface area contributed by atoms with Gasteiger partial charge in [-0.25, -0.2) is 4.98 Å². The van der Waals surface area contributed by atoms with Gasteiger partial charge in [0.15, 0.2) is 5.82 Å². The number of nitrogens with two attached hydrogens (primary N) is 1. The fourth-order valence-corrected chi connectivity index (χ4v) is 2.36. The molecule has 0 bridgehead atoms. The number of rotatable bonds is 5. The Labute approximate surface area is 105 Å². The molecular weight excluding hydrogens is 232 g/mol. The number of likely N-dealkylation sites (N-methyl/N-ethyl adjacent to an activating group) is 1. The fourth-order valence-electron chi connectivity index (χ4n) is 1.66. The molecule has 0 aromatic carbocycles. The van der Waals surface area contributed by atoms with Crippen LogP contribution in [0.4, 0.5) is 5.82 Å². The van der Waals surface area contributed by atoms with Crippen LogP contribution in [0.15, 0.2) is 29.9 Å². The van der Waals surface area contributed by atoms with Gasteiger partial charge in [-0.15, -0.1) is 11.3 Å². The largest absolute Gasteiger partial charge is 0.358 e. The molecule has 0 atom stereocenters. The van der Waals surface area contributed by atoms with E-state index in [1.807, 2.05) is 7.05 Å². The Morgan fingerprint density at radius 2 is 2.18 bits per heavy atom. The summed E-state index contributed by atoms with van der Waals surface area (Å²) in [5, 5.41) is 2.10. The Morgan fingerprint density at radius 1 is 1.35 bits per heavy atom. The van der Waals surface area contributed by atoms with Crippen molar-refractivity contribution in [2.75, 3.05) is 18.5 Å². The van der Waals surface area contributed by atoms with Crippen LogP contribution in [-0.4, -0.2) is 23.6 Å². The first kappa shape index (κ1) is 12.0. The summed E-state index contributed by atoms with van der Waals surface area (Å²) in [6.07, 6.45) is 4.41. The van der Waals surface area contributed by atoms with Crippen LogP contribution in [0.1, 0.15) is 10.6 Å².